The Labute approximate surface area is 404 Å². The highest BCUT2D eigenvalue weighted by atomic mass is 16.6. The molecule has 0 N–H and O–H groups in total. The van der Waals surface area contributed by atoms with Gasteiger partial charge in [-0.1, -0.05) is 90.9 Å². The van der Waals surface area contributed by atoms with Crippen molar-refractivity contribution in [2.75, 3.05) is 199 Å². The zero-order valence-electron chi connectivity index (χ0n) is 42.5. The third-order valence-corrected chi connectivity index (χ3v) is 10.2. The molecule has 0 saturated carbocycles. The van der Waals surface area contributed by atoms with Crippen LogP contribution in [0.3, 0.4) is 0 Å². The van der Waals surface area contributed by atoms with Crippen molar-refractivity contribution in [3.63, 3.8) is 0 Å². The van der Waals surface area contributed by atoms with E-state index in [1.807, 2.05) is 0 Å². The zero-order chi connectivity index (χ0) is 48.7. The number of ether oxygens (including phenoxy) is 16. The summed E-state index contributed by atoms with van der Waals surface area (Å²) < 4.78 is 87.6. The molecule has 0 aromatic heterocycles. The van der Waals surface area contributed by atoms with Crippen molar-refractivity contribution < 1.29 is 85.4 Å². The molecule has 0 amide bonds. The number of methoxy groups -OCH3 is 2. The predicted molar refractivity (Wildman–Crippen MR) is 254 cm³/mol. The number of hydrogen-bond donors (Lipinski definition) is 0. The Morgan fingerprint density at radius 2 is 0.463 bits per heavy atom. The SMILES string of the molecule is CCCCCCCCC(CCCCCCCC)(C(=O)OCCOCCOCCOCCOCCOCCOCCOC)C(=O)OCCOCCOCCOCCOCCOCCOCCOC. The largest absolute Gasteiger partial charge is 0.462 e. The number of unbranched alkanes of at least 4 members (excludes halogenated alkanes) is 10. The van der Waals surface area contributed by atoms with E-state index in [0.717, 1.165) is 64.2 Å². The molecule has 0 fully saturated rings. The van der Waals surface area contributed by atoms with Crippen LogP contribution in [0.4, 0.5) is 0 Å². The Morgan fingerprint density at radius 3 is 0.687 bits per heavy atom. The first-order valence-electron chi connectivity index (χ1n) is 25.3. The maximum Gasteiger partial charge on any atom is 0.323 e. The van der Waals surface area contributed by atoms with Crippen molar-refractivity contribution >= 4 is 11.9 Å². The normalized spacial score (nSPS) is 11.8. The van der Waals surface area contributed by atoms with Crippen LogP contribution in [0.15, 0.2) is 0 Å². The van der Waals surface area contributed by atoms with Gasteiger partial charge in [0.1, 0.15) is 13.2 Å². The van der Waals surface area contributed by atoms with Crippen molar-refractivity contribution in [3.8, 4) is 0 Å². The van der Waals surface area contributed by atoms with Gasteiger partial charge in [0.05, 0.1) is 172 Å². The summed E-state index contributed by atoms with van der Waals surface area (Å²) >= 11 is 0. The fourth-order valence-corrected chi connectivity index (χ4v) is 6.38. The van der Waals surface area contributed by atoms with Crippen LogP contribution in [0.25, 0.3) is 0 Å². The fraction of sp³-hybridized carbons (Fsp3) is 0.959. The molecule has 0 atom stereocenters. The summed E-state index contributed by atoms with van der Waals surface area (Å²) in [6.45, 7) is 16.1. The van der Waals surface area contributed by atoms with Gasteiger partial charge in [0, 0.05) is 14.2 Å². The number of esters is 2. The minimum Gasteiger partial charge on any atom is -0.462 e. The summed E-state index contributed by atoms with van der Waals surface area (Å²) in [5, 5.41) is 0. The molecule has 0 aliphatic carbocycles. The topological polar surface area (TPSA) is 182 Å². The maximum absolute atomic E-state index is 13.9. The molecule has 0 radical (unpaired) electrons. The number of hydrogen-bond acceptors (Lipinski definition) is 18. The van der Waals surface area contributed by atoms with Crippen LogP contribution in [0.2, 0.25) is 0 Å². The molecule has 0 rings (SSSR count). The van der Waals surface area contributed by atoms with Crippen LogP contribution in [-0.2, 0) is 85.4 Å². The highest BCUT2D eigenvalue weighted by Crippen LogP contribution is 2.35. The van der Waals surface area contributed by atoms with Gasteiger partial charge in [0.25, 0.3) is 0 Å². The summed E-state index contributed by atoms with van der Waals surface area (Å²) in [6.07, 6.45) is 13.2. The van der Waals surface area contributed by atoms with E-state index in [1.165, 1.54) is 12.8 Å². The van der Waals surface area contributed by atoms with Crippen molar-refractivity contribution in [1.29, 1.82) is 0 Å². The molecule has 0 aliphatic rings. The third-order valence-electron chi connectivity index (χ3n) is 10.2. The van der Waals surface area contributed by atoms with Gasteiger partial charge in [-0.05, 0) is 12.8 Å². The smallest absolute Gasteiger partial charge is 0.323 e. The zero-order valence-corrected chi connectivity index (χ0v) is 42.5. The summed E-state index contributed by atoms with van der Waals surface area (Å²) in [5.74, 6) is -1.08. The minimum absolute atomic E-state index is 0.0294. The van der Waals surface area contributed by atoms with Gasteiger partial charge < -0.3 is 75.8 Å². The van der Waals surface area contributed by atoms with Crippen molar-refractivity contribution in [2.45, 2.75) is 104 Å². The van der Waals surface area contributed by atoms with Crippen LogP contribution in [-0.4, -0.2) is 211 Å². The average molecular weight is 973 g/mol. The summed E-state index contributed by atoms with van der Waals surface area (Å²) in [5.41, 5.74) is -1.38. The van der Waals surface area contributed by atoms with Crippen LogP contribution in [0.5, 0.6) is 0 Å². The molecule has 0 aliphatic heterocycles. The molecule has 0 bridgehead atoms. The molecular weight excluding hydrogens is 877 g/mol. The summed E-state index contributed by atoms with van der Waals surface area (Å²) in [7, 11) is 3.28. The molecule has 0 saturated heterocycles. The van der Waals surface area contributed by atoms with Crippen molar-refractivity contribution in [1.82, 2.24) is 0 Å². The fourth-order valence-electron chi connectivity index (χ4n) is 6.38. The lowest BCUT2D eigenvalue weighted by molar-refractivity contribution is -0.176. The average Bonchev–Trinajstić information content (AvgIpc) is 3.33. The number of carbonyl (C=O) groups excluding carboxylic acids is 2. The quantitative estimate of drug-likeness (QED) is 0.0390. The monoisotopic (exact) mass is 973 g/mol. The van der Waals surface area contributed by atoms with Gasteiger partial charge >= 0.3 is 11.9 Å². The van der Waals surface area contributed by atoms with Crippen LogP contribution < -0.4 is 0 Å². The molecular formula is C49H96O18. The van der Waals surface area contributed by atoms with E-state index in [2.05, 4.69) is 13.8 Å². The van der Waals surface area contributed by atoms with Gasteiger partial charge in [-0.25, -0.2) is 0 Å². The van der Waals surface area contributed by atoms with Gasteiger partial charge in [-0.2, -0.15) is 0 Å². The molecule has 18 heteroatoms. The molecule has 0 heterocycles. The molecule has 0 spiro atoms. The van der Waals surface area contributed by atoms with Crippen molar-refractivity contribution in [2.24, 2.45) is 5.41 Å². The Bertz CT molecular complexity index is 920. The summed E-state index contributed by atoms with van der Waals surface area (Å²) in [4.78, 5) is 27.9. The van der Waals surface area contributed by atoms with E-state index in [4.69, 9.17) is 75.8 Å². The second-order valence-electron chi connectivity index (χ2n) is 15.7. The summed E-state index contributed by atoms with van der Waals surface area (Å²) in [6, 6.07) is 0. The third kappa shape index (κ3) is 45.3. The Kier molecular flexibility index (Phi) is 54.0. The highest BCUT2D eigenvalue weighted by Gasteiger charge is 2.48. The van der Waals surface area contributed by atoms with E-state index in [0.29, 0.717) is 171 Å². The minimum atomic E-state index is -1.38. The van der Waals surface area contributed by atoms with Crippen LogP contribution >= 0.6 is 0 Å². The first kappa shape index (κ1) is 65.4. The van der Waals surface area contributed by atoms with Crippen LogP contribution in [0.1, 0.15) is 104 Å². The van der Waals surface area contributed by atoms with Gasteiger partial charge in [-0.15, -0.1) is 0 Å². The molecule has 0 aromatic rings. The molecule has 0 aromatic carbocycles. The molecule has 0 unspecified atom stereocenters. The lowest BCUT2D eigenvalue weighted by Crippen LogP contribution is -2.43. The Balaban J connectivity index is 4.54. The van der Waals surface area contributed by atoms with Gasteiger partial charge in [-0.3, -0.25) is 9.59 Å². The predicted octanol–water partition coefficient (Wildman–Crippen LogP) is 6.05. The molecule has 67 heavy (non-hydrogen) atoms. The van der Waals surface area contributed by atoms with E-state index in [9.17, 15) is 9.59 Å². The second-order valence-corrected chi connectivity index (χ2v) is 15.7. The van der Waals surface area contributed by atoms with E-state index < -0.39 is 17.4 Å². The second kappa shape index (κ2) is 55.3. The Morgan fingerprint density at radius 1 is 0.269 bits per heavy atom. The van der Waals surface area contributed by atoms with E-state index >= 15 is 0 Å². The lowest BCUT2D eigenvalue weighted by atomic mass is 9.77. The highest BCUT2D eigenvalue weighted by molar-refractivity contribution is 6.00. The molecule has 18 nitrogen and oxygen atoms in total. The van der Waals surface area contributed by atoms with Crippen molar-refractivity contribution in [3.05, 3.63) is 0 Å². The number of carbonyl (C=O) groups is 2. The van der Waals surface area contributed by atoms with Crippen LogP contribution in [0, 0.1) is 5.41 Å². The number of rotatable bonds is 58. The van der Waals surface area contributed by atoms with Gasteiger partial charge in [0.2, 0.25) is 0 Å². The maximum atomic E-state index is 13.9. The Hall–Kier alpha value is -1.62. The first-order chi connectivity index (χ1) is 33.1. The van der Waals surface area contributed by atoms with E-state index in [1.54, 1.807) is 14.2 Å². The van der Waals surface area contributed by atoms with E-state index in [-0.39, 0.29) is 26.4 Å². The lowest BCUT2D eigenvalue weighted by Gasteiger charge is -2.30. The first-order valence-corrected chi connectivity index (χ1v) is 25.3. The van der Waals surface area contributed by atoms with Gasteiger partial charge in [0.15, 0.2) is 5.41 Å². The standard InChI is InChI=1S/C49H96O18/c1-5-7-9-11-13-15-17-49(18-16-14-12-10-8-6-2,47(50)66-45-43-64-41-39-62-37-35-60-33-31-58-29-27-56-25-23-54-21-19-52-3)48(51)67-46-44-65-42-40-63-38-36-61-34-32-59-30-28-57-26-24-55-22-20-53-4/h5-46H2,1-4H3. The molecule has 400 valence electrons.